The van der Waals surface area contributed by atoms with Crippen molar-refractivity contribution in [2.45, 2.75) is 26.9 Å². The van der Waals surface area contributed by atoms with Gasteiger partial charge in [-0.15, -0.1) is 0 Å². The Morgan fingerprint density at radius 3 is 2.50 bits per heavy atom. The quantitative estimate of drug-likeness (QED) is 0.863. The van der Waals surface area contributed by atoms with Crippen LogP contribution >= 0.6 is 0 Å². The minimum absolute atomic E-state index is 0.0665. The average molecular weight is 331 g/mol. The summed E-state index contributed by atoms with van der Waals surface area (Å²) >= 11 is 0. The number of hydrogen-bond acceptors (Lipinski definition) is 5. The zero-order chi connectivity index (χ0) is 17.6. The summed E-state index contributed by atoms with van der Waals surface area (Å²) in [6, 6.07) is 9.39. The number of ether oxygens (including phenoxy) is 1. The Hall–Kier alpha value is -1.61. The van der Waals surface area contributed by atoms with E-state index in [0.29, 0.717) is 12.2 Å². The van der Waals surface area contributed by atoms with Crippen LogP contribution in [-0.4, -0.2) is 66.9 Å². The summed E-state index contributed by atoms with van der Waals surface area (Å²) in [6.45, 7) is 12.4. The minimum Gasteiger partial charge on any atom is -0.492 e. The molecule has 24 heavy (non-hydrogen) atoms. The first-order valence-electron chi connectivity index (χ1n) is 8.64. The molecule has 1 saturated heterocycles. The van der Waals surface area contributed by atoms with Crippen LogP contribution in [0.4, 0.5) is 0 Å². The fraction of sp³-hybridized carbons (Fsp3) is 0.632. The molecule has 0 spiro atoms. The van der Waals surface area contributed by atoms with E-state index in [1.807, 2.05) is 12.1 Å². The van der Waals surface area contributed by atoms with E-state index in [0.717, 1.165) is 45.0 Å². The lowest BCUT2D eigenvalue weighted by Crippen LogP contribution is -2.50. The number of nitrogens with zero attached hydrogens (tertiary/aromatic N) is 3. The molecule has 0 aliphatic carbocycles. The molecular formula is C19H29N3O2. The molecule has 5 heteroatoms. The van der Waals surface area contributed by atoms with Gasteiger partial charge in [-0.25, -0.2) is 0 Å². The number of benzene rings is 1. The van der Waals surface area contributed by atoms with Gasteiger partial charge in [0.1, 0.15) is 12.4 Å². The van der Waals surface area contributed by atoms with Crippen molar-refractivity contribution < 1.29 is 9.84 Å². The van der Waals surface area contributed by atoms with Gasteiger partial charge in [-0.05, 0) is 23.6 Å². The highest BCUT2D eigenvalue weighted by Gasteiger charge is 2.26. The van der Waals surface area contributed by atoms with Crippen molar-refractivity contribution >= 4 is 0 Å². The van der Waals surface area contributed by atoms with Crippen LogP contribution in [0.25, 0.3) is 0 Å². The van der Waals surface area contributed by atoms with Gasteiger partial charge in [-0.3, -0.25) is 9.80 Å². The first-order chi connectivity index (χ1) is 11.4. The summed E-state index contributed by atoms with van der Waals surface area (Å²) in [5.74, 6) is 0.751. The Morgan fingerprint density at radius 2 is 1.88 bits per heavy atom. The number of nitriles is 1. The van der Waals surface area contributed by atoms with Crippen molar-refractivity contribution in [3.63, 3.8) is 0 Å². The van der Waals surface area contributed by atoms with Crippen LogP contribution in [0.3, 0.4) is 0 Å². The lowest BCUT2D eigenvalue weighted by molar-refractivity contribution is 0.0122. The number of aliphatic hydroxyl groups excluding tert-OH is 1. The lowest BCUT2D eigenvalue weighted by Gasteiger charge is -2.37. The second kappa shape index (κ2) is 8.48. The molecule has 0 radical (unpaired) electrons. The van der Waals surface area contributed by atoms with Crippen LogP contribution in [0.15, 0.2) is 24.3 Å². The molecule has 1 aliphatic heterocycles. The van der Waals surface area contributed by atoms with Gasteiger partial charge in [0.15, 0.2) is 0 Å². The molecule has 0 amide bonds. The first-order valence-corrected chi connectivity index (χ1v) is 8.64. The normalized spacial score (nSPS) is 18.1. The van der Waals surface area contributed by atoms with E-state index in [-0.39, 0.29) is 11.5 Å². The summed E-state index contributed by atoms with van der Waals surface area (Å²) in [5.41, 5.74) is 0.557. The molecule has 2 rings (SSSR count). The highest BCUT2D eigenvalue weighted by molar-refractivity contribution is 5.36. The zero-order valence-corrected chi connectivity index (χ0v) is 15.0. The predicted octanol–water partition coefficient (Wildman–Crippen LogP) is 1.96. The standard InChI is InChI=1S/C19H29N3O2/c1-19(2,3)18(23)15-22-9-7-21(8-10-22)11-12-24-17-6-4-5-16(13-17)14-20/h4-6,13,18,23H,7-12,15H2,1-3H3/t18-/m0/s1. The summed E-state index contributed by atoms with van der Waals surface area (Å²) < 4.78 is 5.74. The summed E-state index contributed by atoms with van der Waals surface area (Å²) in [7, 11) is 0. The number of piperazine rings is 1. The van der Waals surface area contributed by atoms with Gasteiger partial charge in [0.2, 0.25) is 0 Å². The molecular weight excluding hydrogens is 302 g/mol. The van der Waals surface area contributed by atoms with Gasteiger partial charge in [0.25, 0.3) is 0 Å². The van der Waals surface area contributed by atoms with Gasteiger partial charge in [0, 0.05) is 39.3 Å². The van der Waals surface area contributed by atoms with E-state index in [4.69, 9.17) is 10.00 Å². The van der Waals surface area contributed by atoms with E-state index in [1.54, 1.807) is 12.1 Å². The Bertz CT molecular complexity index is 554. The largest absolute Gasteiger partial charge is 0.492 e. The summed E-state index contributed by atoms with van der Waals surface area (Å²) in [4.78, 5) is 4.72. The molecule has 1 aromatic rings. The molecule has 1 atom stereocenters. The van der Waals surface area contributed by atoms with Gasteiger partial charge in [-0.2, -0.15) is 5.26 Å². The van der Waals surface area contributed by atoms with Crippen molar-refractivity contribution in [3.8, 4) is 11.8 Å². The van der Waals surface area contributed by atoms with Crippen LogP contribution in [0.2, 0.25) is 0 Å². The Kier molecular flexibility index (Phi) is 6.61. The number of β-amino-alcohol motifs (C(OH)–C–C–N with tert-alkyl or cyclic N) is 1. The molecule has 1 aromatic carbocycles. The lowest BCUT2D eigenvalue weighted by atomic mass is 9.89. The van der Waals surface area contributed by atoms with E-state index in [9.17, 15) is 5.11 Å². The molecule has 0 aromatic heterocycles. The maximum absolute atomic E-state index is 10.2. The molecule has 0 unspecified atom stereocenters. The second-order valence-corrected chi connectivity index (χ2v) is 7.51. The van der Waals surface area contributed by atoms with E-state index >= 15 is 0 Å². The van der Waals surface area contributed by atoms with Gasteiger partial charge < -0.3 is 9.84 Å². The SMILES string of the molecule is CC(C)(C)[C@@H](O)CN1CCN(CCOc2cccc(C#N)c2)CC1. The molecule has 132 valence electrons. The smallest absolute Gasteiger partial charge is 0.120 e. The number of aliphatic hydroxyl groups is 1. The highest BCUT2D eigenvalue weighted by Crippen LogP contribution is 2.20. The Morgan fingerprint density at radius 1 is 1.21 bits per heavy atom. The maximum Gasteiger partial charge on any atom is 0.120 e. The number of hydrogen-bond donors (Lipinski definition) is 1. The minimum atomic E-state index is -0.292. The van der Waals surface area contributed by atoms with E-state index < -0.39 is 0 Å². The predicted molar refractivity (Wildman–Crippen MR) is 95.0 cm³/mol. The molecule has 1 heterocycles. The van der Waals surface area contributed by atoms with E-state index in [2.05, 4.69) is 36.6 Å². The monoisotopic (exact) mass is 331 g/mol. The highest BCUT2D eigenvalue weighted by atomic mass is 16.5. The summed E-state index contributed by atoms with van der Waals surface area (Å²) in [6.07, 6.45) is -0.292. The van der Waals surface area contributed by atoms with Crippen LogP contribution in [0, 0.1) is 16.7 Å². The molecule has 5 nitrogen and oxygen atoms in total. The maximum atomic E-state index is 10.2. The third-order valence-corrected chi connectivity index (χ3v) is 4.54. The average Bonchev–Trinajstić information content (AvgIpc) is 2.56. The Labute approximate surface area is 145 Å². The van der Waals surface area contributed by atoms with Crippen molar-refractivity contribution in [1.82, 2.24) is 9.80 Å². The fourth-order valence-electron chi connectivity index (χ4n) is 2.66. The third-order valence-electron chi connectivity index (χ3n) is 4.54. The molecule has 1 N–H and O–H groups in total. The molecule has 0 saturated carbocycles. The van der Waals surface area contributed by atoms with Crippen molar-refractivity contribution in [1.29, 1.82) is 5.26 Å². The van der Waals surface area contributed by atoms with Crippen molar-refractivity contribution in [2.75, 3.05) is 45.9 Å². The second-order valence-electron chi connectivity index (χ2n) is 7.51. The van der Waals surface area contributed by atoms with E-state index in [1.165, 1.54) is 0 Å². The zero-order valence-electron chi connectivity index (χ0n) is 15.0. The molecule has 1 fully saturated rings. The van der Waals surface area contributed by atoms with Crippen LogP contribution in [-0.2, 0) is 0 Å². The van der Waals surface area contributed by atoms with Crippen LogP contribution < -0.4 is 4.74 Å². The van der Waals surface area contributed by atoms with Crippen LogP contribution in [0.5, 0.6) is 5.75 Å². The number of rotatable bonds is 6. The van der Waals surface area contributed by atoms with Gasteiger partial charge >= 0.3 is 0 Å². The molecule has 1 aliphatic rings. The van der Waals surface area contributed by atoms with Gasteiger partial charge in [0.05, 0.1) is 17.7 Å². The molecule has 0 bridgehead atoms. The van der Waals surface area contributed by atoms with Crippen LogP contribution in [0.1, 0.15) is 26.3 Å². The Balaban J connectivity index is 1.67. The topological polar surface area (TPSA) is 59.7 Å². The fourth-order valence-corrected chi connectivity index (χ4v) is 2.66. The summed E-state index contributed by atoms with van der Waals surface area (Å²) in [5, 5.41) is 19.1. The first kappa shape index (κ1) is 18.7. The van der Waals surface area contributed by atoms with Crippen molar-refractivity contribution in [2.24, 2.45) is 5.41 Å². The van der Waals surface area contributed by atoms with Gasteiger partial charge in [-0.1, -0.05) is 26.8 Å². The van der Waals surface area contributed by atoms with Crippen molar-refractivity contribution in [3.05, 3.63) is 29.8 Å². The third kappa shape index (κ3) is 5.79.